The lowest BCUT2D eigenvalue weighted by Crippen LogP contribution is -2.42. The maximum absolute atomic E-state index is 12.3. The smallest absolute Gasteiger partial charge is 0.251 e. The summed E-state index contributed by atoms with van der Waals surface area (Å²) in [6.45, 7) is 0. The summed E-state index contributed by atoms with van der Waals surface area (Å²) in [5.74, 6) is -0.0718. The molecule has 1 aromatic rings. The van der Waals surface area contributed by atoms with Crippen LogP contribution in [0.3, 0.4) is 0 Å². The predicted molar refractivity (Wildman–Crippen MR) is 83.8 cm³/mol. The van der Waals surface area contributed by atoms with Gasteiger partial charge in [-0.15, -0.1) is 0 Å². The molecule has 2 atom stereocenters. The Hall–Kier alpha value is -1.08. The summed E-state index contributed by atoms with van der Waals surface area (Å²) in [7, 11) is 0. The summed E-state index contributed by atoms with van der Waals surface area (Å²) in [4.78, 5) is 12.3. The lowest BCUT2D eigenvalue weighted by atomic mass is 10.0. The van der Waals surface area contributed by atoms with Gasteiger partial charge in [0.05, 0.1) is 0 Å². The molecule has 20 heavy (non-hydrogen) atoms. The van der Waals surface area contributed by atoms with Gasteiger partial charge in [-0.1, -0.05) is 43.4 Å². The maximum atomic E-state index is 12.3. The number of carbonyl (C=O) groups is 1. The number of amides is 1. The second kappa shape index (κ2) is 6.58. The molecular weight excluding hydrogens is 390 g/mol. The minimum atomic E-state index is -0.158. The molecule has 1 saturated carbocycles. The van der Waals surface area contributed by atoms with Crippen molar-refractivity contribution in [3.05, 3.63) is 32.7 Å². The summed E-state index contributed by atoms with van der Waals surface area (Å²) >= 11 is 6.72. The molecule has 1 amide bonds. The highest BCUT2D eigenvalue weighted by molar-refractivity contribution is 9.11. The van der Waals surface area contributed by atoms with Gasteiger partial charge in [-0.25, -0.2) is 0 Å². The zero-order chi connectivity index (χ0) is 14.7. The molecule has 1 aromatic carbocycles. The summed E-state index contributed by atoms with van der Waals surface area (Å²) in [5, 5.41) is 14.8. The Morgan fingerprint density at radius 2 is 1.95 bits per heavy atom. The van der Waals surface area contributed by atoms with Crippen LogP contribution in [0.2, 0.25) is 0 Å². The second-order valence-electron chi connectivity index (χ2n) is 4.80. The highest BCUT2D eigenvalue weighted by atomic mass is 79.9. The van der Waals surface area contributed by atoms with Crippen LogP contribution in [-0.4, -0.2) is 23.0 Å². The van der Waals surface area contributed by atoms with Crippen molar-refractivity contribution in [2.24, 2.45) is 16.8 Å². The molecule has 0 radical (unpaired) electrons. The van der Waals surface area contributed by atoms with E-state index in [0.717, 1.165) is 28.2 Å². The van der Waals surface area contributed by atoms with E-state index >= 15 is 0 Å². The van der Waals surface area contributed by atoms with Crippen LogP contribution in [0, 0.1) is 5.92 Å². The van der Waals surface area contributed by atoms with E-state index in [-0.39, 0.29) is 23.7 Å². The lowest BCUT2D eigenvalue weighted by molar-refractivity contribution is 0.0933. The molecule has 0 heterocycles. The minimum absolute atomic E-state index is 0.0869. The normalized spacial score (nSPS) is 22.8. The number of benzene rings is 1. The third-order valence-electron chi connectivity index (χ3n) is 3.45. The predicted octanol–water partition coefficient (Wildman–Crippen LogP) is 2.86. The summed E-state index contributed by atoms with van der Waals surface area (Å²) in [5.41, 5.74) is 6.23. The van der Waals surface area contributed by atoms with Gasteiger partial charge < -0.3 is 16.3 Å². The van der Waals surface area contributed by atoms with Gasteiger partial charge in [0.1, 0.15) is 5.84 Å². The number of rotatable bonds is 3. The third kappa shape index (κ3) is 3.52. The number of hydrogen-bond donors (Lipinski definition) is 3. The van der Waals surface area contributed by atoms with E-state index in [1.807, 2.05) is 6.07 Å². The average molecular weight is 405 g/mol. The van der Waals surface area contributed by atoms with Crippen LogP contribution in [0.4, 0.5) is 0 Å². The summed E-state index contributed by atoms with van der Waals surface area (Å²) in [6.07, 6.45) is 2.61. The molecule has 5 nitrogen and oxygen atoms in total. The molecule has 0 saturated heterocycles. The molecule has 1 aliphatic rings. The lowest BCUT2D eigenvalue weighted by Gasteiger charge is -2.20. The van der Waals surface area contributed by atoms with E-state index in [1.54, 1.807) is 12.1 Å². The molecule has 1 fully saturated rings. The first-order chi connectivity index (χ1) is 9.51. The average Bonchev–Trinajstić information content (AvgIpc) is 2.84. The van der Waals surface area contributed by atoms with Crippen molar-refractivity contribution in [3.8, 4) is 0 Å². The van der Waals surface area contributed by atoms with Gasteiger partial charge in [-0.2, -0.15) is 0 Å². The Bertz CT molecular complexity index is 528. The van der Waals surface area contributed by atoms with Gasteiger partial charge in [-0.05, 0) is 31.0 Å². The first-order valence-electron chi connectivity index (χ1n) is 6.25. The van der Waals surface area contributed by atoms with Crippen LogP contribution in [0.5, 0.6) is 0 Å². The van der Waals surface area contributed by atoms with Gasteiger partial charge in [-0.3, -0.25) is 4.79 Å². The molecule has 0 aromatic heterocycles. The van der Waals surface area contributed by atoms with Gasteiger partial charge in [0, 0.05) is 26.5 Å². The number of carbonyl (C=O) groups excluding carboxylic acids is 1. The van der Waals surface area contributed by atoms with Crippen molar-refractivity contribution >= 4 is 43.6 Å². The maximum Gasteiger partial charge on any atom is 0.251 e. The first-order valence-corrected chi connectivity index (χ1v) is 7.84. The van der Waals surface area contributed by atoms with Crippen LogP contribution >= 0.6 is 31.9 Å². The van der Waals surface area contributed by atoms with Gasteiger partial charge in [0.25, 0.3) is 5.91 Å². The fourth-order valence-corrected chi connectivity index (χ4v) is 3.79. The van der Waals surface area contributed by atoms with Crippen molar-refractivity contribution in [2.45, 2.75) is 25.3 Å². The minimum Gasteiger partial charge on any atom is -0.409 e. The van der Waals surface area contributed by atoms with Crippen molar-refractivity contribution in [1.29, 1.82) is 0 Å². The number of amidine groups is 1. The molecule has 4 N–H and O–H groups in total. The van der Waals surface area contributed by atoms with Gasteiger partial charge in [0.15, 0.2) is 0 Å². The number of nitrogens with zero attached hydrogens (tertiary/aromatic N) is 1. The fourth-order valence-electron chi connectivity index (χ4n) is 2.50. The Kier molecular flexibility index (Phi) is 5.04. The van der Waals surface area contributed by atoms with E-state index in [4.69, 9.17) is 10.9 Å². The first kappa shape index (κ1) is 15.3. The SMILES string of the molecule is N/C(=N/O)C1CCCC1NC(=O)c1cc(Br)cc(Br)c1. The molecule has 2 unspecified atom stereocenters. The highest BCUT2D eigenvalue weighted by Gasteiger charge is 2.32. The Labute approximate surface area is 133 Å². The monoisotopic (exact) mass is 403 g/mol. The number of halogens is 2. The van der Waals surface area contributed by atoms with E-state index in [0.29, 0.717) is 5.56 Å². The molecule has 7 heteroatoms. The van der Waals surface area contributed by atoms with Gasteiger partial charge in [0.2, 0.25) is 0 Å². The van der Waals surface area contributed by atoms with E-state index in [1.165, 1.54) is 0 Å². The number of nitrogens with two attached hydrogens (primary N) is 1. The van der Waals surface area contributed by atoms with E-state index < -0.39 is 0 Å². The molecule has 108 valence electrons. The van der Waals surface area contributed by atoms with Crippen molar-refractivity contribution in [3.63, 3.8) is 0 Å². The van der Waals surface area contributed by atoms with E-state index in [2.05, 4.69) is 42.3 Å². The van der Waals surface area contributed by atoms with E-state index in [9.17, 15) is 4.79 Å². The van der Waals surface area contributed by atoms with Crippen LogP contribution < -0.4 is 11.1 Å². The second-order valence-corrected chi connectivity index (χ2v) is 6.63. The quantitative estimate of drug-likeness (QED) is 0.313. The van der Waals surface area contributed by atoms with Crippen LogP contribution in [0.25, 0.3) is 0 Å². The Morgan fingerprint density at radius 1 is 1.30 bits per heavy atom. The van der Waals surface area contributed by atoms with Crippen molar-refractivity contribution in [1.82, 2.24) is 5.32 Å². The summed E-state index contributed by atoms with van der Waals surface area (Å²) in [6, 6.07) is 5.29. The standard InChI is InChI=1S/C13H15Br2N3O2/c14-8-4-7(5-9(15)6-8)13(19)17-11-3-1-2-10(11)12(16)18-20/h4-6,10-11,20H,1-3H2,(H2,16,18)(H,17,19). The molecule has 2 rings (SSSR count). The Morgan fingerprint density at radius 3 is 2.55 bits per heavy atom. The topological polar surface area (TPSA) is 87.7 Å². The molecule has 1 aliphatic carbocycles. The Balaban J connectivity index is 2.11. The van der Waals surface area contributed by atoms with Crippen LogP contribution in [0.15, 0.2) is 32.3 Å². The zero-order valence-corrected chi connectivity index (χ0v) is 13.8. The van der Waals surface area contributed by atoms with Crippen molar-refractivity contribution < 1.29 is 10.0 Å². The largest absolute Gasteiger partial charge is 0.409 e. The number of nitrogens with one attached hydrogen (secondary N) is 1. The van der Waals surface area contributed by atoms with Gasteiger partial charge >= 0.3 is 0 Å². The fraction of sp³-hybridized carbons (Fsp3) is 0.385. The zero-order valence-electron chi connectivity index (χ0n) is 10.6. The molecule has 0 bridgehead atoms. The number of oxime groups is 1. The van der Waals surface area contributed by atoms with Crippen LogP contribution in [-0.2, 0) is 0 Å². The summed E-state index contributed by atoms with van der Waals surface area (Å²) < 4.78 is 1.66. The number of hydrogen-bond acceptors (Lipinski definition) is 3. The third-order valence-corrected chi connectivity index (χ3v) is 4.37. The molecule has 0 aliphatic heterocycles. The molecule has 0 spiro atoms. The van der Waals surface area contributed by atoms with Crippen molar-refractivity contribution in [2.75, 3.05) is 0 Å². The molecular formula is C13H15Br2N3O2. The highest BCUT2D eigenvalue weighted by Crippen LogP contribution is 2.26. The van der Waals surface area contributed by atoms with Crippen LogP contribution in [0.1, 0.15) is 29.6 Å².